The van der Waals surface area contributed by atoms with Crippen LogP contribution in [0.4, 0.5) is 15.8 Å². The Labute approximate surface area is 163 Å². The summed E-state index contributed by atoms with van der Waals surface area (Å²) < 4.78 is 41.5. The van der Waals surface area contributed by atoms with E-state index >= 15 is 0 Å². The number of aryl methyl sites for hydroxylation is 1. The fourth-order valence-electron chi connectivity index (χ4n) is 2.67. The van der Waals surface area contributed by atoms with Gasteiger partial charge in [-0.2, -0.15) is 0 Å². The van der Waals surface area contributed by atoms with Crippen molar-refractivity contribution in [1.82, 2.24) is 0 Å². The van der Waals surface area contributed by atoms with Crippen LogP contribution in [0.15, 0.2) is 71.6 Å². The third-order valence-corrected chi connectivity index (χ3v) is 5.66. The Balaban J connectivity index is 1.87. The normalized spacial score (nSPS) is 11.1. The molecule has 7 heteroatoms. The molecule has 1 amide bonds. The fraction of sp³-hybridized carbons (Fsp3) is 0.0952. The quantitative estimate of drug-likeness (QED) is 0.665. The molecule has 0 atom stereocenters. The molecule has 3 rings (SSSR count). The van der Waals surface area contributed by atoms with Gasteiger partial charge < -0.3 is 5.32 Å². The first-order valence-electron chi connectivity index (χ1n) is 8.53. The predicted molar refractivity (Wildman–Crippen MR) is 108 cm³/mol. The van der Waals surface area contributed by atoms with Gasteiger partial charge in [-0.1, -0.05) is 35.9 Å². The molecule has 5 nitrogen and oxygen atoms in total. The van der Waals surface area contributed by atoms with Crippen LogP contribution in [-0.4, -0.2) is 14.3 Å². The average molecular weight is 398 g/mol. The molecule has 0 aliphatic heterocycles. The molecule has 144 valence electrons. The van der Waals surface area contributed by atoms with Crippen molar-refractivity contribution in [1.29, 1.82) is 0 Å². The Hall–Kier alpha value is -3.19. The zero-order valence-electron chi connectivity index (χ0n) is 15.4. The smallest absolute Gasteiger partial charge is 0.261 e. The number of carbonyl (C=O) groups excluding carboxylic acids is 1. The highest BCUT2D eigenvalue weighted by molar-refractivity contribution is 7.92. The Morgan fingerprint density at radius 3 is 2.18 bits per heavy atom. The molecule has 0 aromatic heterocycles. The van der Waals surface area contributed by atoms with Crippen molar-refractivity contribution in [3.8, 4) is 0 Å². The zero-order valence-corrected chi connectivity index (χ0v) is 16.2. The van der Waals surface area contributed by atoms with Gasteiger partial charge in [0, 0.05) is 5.56 Å². The van der Waals surface area contributed by atoms with Crippen LogP contribution in [-0.2, 0) is 10.0 Å². The van der Waals surface area contributed by atoms with Crippen LogP contribution in [0.1, 0.15) is 21.5 Å². The Morgan fingerprint density at radius 2 is 1.50 bits per heavy atom. The molecule has 28 heavy (non-hydrogen) atoms. The van der Waals surface area contributed by atoms with E-state index < -0.39 is 21.7 Å². The first-order chi connectivity index (χ1) is 13.3. The molecule has 0 bridgehead atoms. The lowest BCUT2D eigenvalue weighted by Gasteiger charge is -2.14. The molecule has 3 aromatic carbocycles. The second-order valence-corrected chi connectivity index (χ2v) is 8.01. The minimum absolute atomic E-state index is 0.0533. The number of carbonyl (C=O) groups is 1. The van der Waals surface area contributed by atoms with Gasteiger partial charge in [-0.25, -0.2) is 12.8 Å². The van der Waals surface area contributed by atoms with E-state index in [0.29, 0.717) is 5.56 Å². The molecular weight excluding hydrogens is 379 g/mol. The standard InChI is InChI=1S/C21H19FN2O3S/c1-14-10-12-16(13-11-14)28(26,27)24-19-9-5-6-17(15(19)2)21(25)23-20-8-4-3-7-18(20)22/h3-13,24H,1-2H3,(H,23,25). The summed E-state index contributed by atoms with van der Waals surface area (Å²) >= 11 is 0. The molecule has 0 fully saturated rings. The maximum Gasteiger partial charge on any atom is 0.261 e. The number of nitrogens with one attached hydrogen (secondary N) is 2. The summed E-state index contributed by atoms with van der Waals surface area (Å²) in [6.45, 7) is 3.49. The summed E-state index contributed by atoms with van der Waals surface area (Å²) in [6, 6.07) is 17.0. The van der Waals surface area contributed by atoms with E-state index in [1.54, 1.807) is 43.3 Å². The SMILES string of the molecule is Cc1ccc(S(=O)(=O)Nc2cccc(C(=O)Nc3ccccc3F)c2C)cc1. The molecule has 0 heterocycles. The van der Waals surface area contributed by atoms with Gasteiger partial charge in [0.25, 0.3) is 15.9 Å². The summed E-state index contributed by atoms with van der Waals surface area (Å²) in [4.78, 5) is 12.7. The lowest BCUT2D eigenvalue weighted by molar-refractivity contribution is 0.102. The second-order valence-electron chi connectivity index (χ2n) is 6.33. The molecule has 0 saturated heterocycles. The summed E-state index contributed by atoms with van der Waals surface area (Å²) in [5.74, 6) is -1.08. The van der Waals surface area contributed by atoms with Gasteiger partial charge in [-0.05, 0) is 55.8 Å². The van der Waals surface area contributed by atoms with E-state index in [0.717, 1.165) is 5.56 Å². The van der Waals surface area contributed by atoms with Crippen molar-refractivity contribution in [3.05, 3.63) is 89.2 Å². The van der Waals surface area contributed by atoms with E-state index in [-0.39, 0.29) is 21.8 Å². The zero-order chi connectivity index (χ0) is 20.3. The fourth-order valence-corrected chi connectivity index (χ4v) is 3.79. The van der Waals surface area contributed by atoms with Gasteiger partial charge in [0.15, 0.2) is 0 Å². The number of rotatable bonds is 5. The van der Waals surface area contributed by atoms with Crippen molar-refractivity contribution in [3.63, 3.8) is 0 Å². The third-order valence-electron chi connectivity index (χ3n) is 4.28. The van der Waals surface area contributed by atoms with Crippen LogP contribution in [0.2, 0.25) is 0 Å². The topological polar surface area (TPSA) is 75.3 Å². The summed E-state index contributed by atoms with van der Waals surface area (Å²) in [5, 5.41) is 2.50. The predicted octanol–water partition coefficient (Wildman–Crippen LogP) is 4.50. The van der Waals surface area contributed by atoms with Gasteiger partial charge in [-0.3, -0.25) is 9.52 Å². The molecule has 0 aliphatic carbocycles. The monoisotopic (exact) mass is 398 g/mol. The maximum atomic E-state index is 13.8. The minimum Gasteiger partial charge on any atom is -0.319 e. The van der Waals surface area contributed by atoms with Gasteiger partial charge >= 0.3 is 0 Å². The molecule has 0 radical (unpaired) electrons. The molecule has 0 aliphatic rings. The van der Waals surface area contributed by atoms with E-state index in [1.165, 1.54) is 30.3 Å². The van der Waals surface area contributed by atoms with Crippen molar-refractivity contribution in [2.75, 3.05) is 10.0 Å². The number of hydrogen-bond acceptors (Lipinski definition) is 3. The second kappa shape index (κ2) is 7.82. The van der Waals surface area contributed by atoms with E-state index in [4.69, 9.17) is 0 Å². The molecule has 2 N–H and O–H groups in total. The van der Waals surface area contributed by atoms with Crippen LogP contribution in [0.3, 0.4) is 0 Å². The first-order valence-corrected chi connectivity index (χ1v) is 10.0. The molecule has 3 aromatic rings. The lowest BCUT2D eigenvalue weighted by Crippen LogP contribution is -2.17. The van der Waals surface area contributed by atoms with Gasteiger partial charge in [0.05, 0.1) is 16.3 Å². The Kier molecular flexibility index (Phi) is 5.46. The number of para-hydroxylation sites is 1. The molecule has 0 unspecified atom stereocenters. The van der Waals surface area contributed by atoms with Crippen LogP contribution in [0.5, 0.6) is 0 Å². The van der Waals surface area contributed by atoms with Crippen LogP contribution in [0, 0.1) is 19.7 Å². The largest absolute Gasteiger partial charge is 0.319 e. The molecule has 0 spiro atoms. The van der Waals surface area contributed by atoms with Gasteiger partial charge in [0.2, 0.25) is 0 Å². The number of benzene rings is 3. The first kappa shape index (κ1) is 19.6. The lowest BCUT2D eigenvalue weighted by atomic mass is 10.1. The number of halogens is 1. The van der Waals surface area contributed by atoms with E-state index in [2.05, 4.69) is 10.0 Å². The van der Waals surface area contributed by atoms with Crippen molar-refractivity contribution < 1.29 is 17.6 Å². The minimum atomic E-state index is -3.80. The average Bonchev–Trinajstić information content (AvgIpc) is 2.65. The summed E-state index contributed by atoms with van der Waals surface area (Å²) in [6.07, 6.45) is 0. The van der Waals surface area contributed by atoms with Gasteiger partial charge in [0.1, 0.15) is 5.82 Å². The number of sulfonamides is 1. The molecule has 0 saturated carbocycles. The van der Waals surface area contributed by atoms with Crippen LogP contribution >= 0.6 is 0 Å². The highest BCUT2D eigenvalue weighted by Gasteiger charge is 2.18. The highest BCUT2D eigenvalue weighted by atomic mass is 32.2. The van der Waals surface area contributed by atoms with E-state index in [9.17, 15) is 17.6 Å². The number of anilines is 2. The van der Waals surface area contributed by atoms with Crippen molar-refractivity contribution in [2.24, 2.45) is 0 Å². The van der Waals surface area contributed by atoms with Crippen molar-refractivity contribution >= 4 is 27.3 Å². The van der Waals surface area contributed by atoms with Gasteiger partial charge in [-0.15, -0.1) is 0 Å². The summed E-state index contributed by atoms with van der Waals surface area (Å²) in [5.41, 5.74) is 1.96. The Bertz CT molecular complexity index is 1130. The maximum absolute atomic E-state index is 13.8. The summed E-state index contributed by atoms with van der Waals surface area (Å²) in [7, 11) is -3.80. The third kappa shape index (κ3) is 4.20. The highest BCUT2D eigenvalue weighted by Crippen LogP contribution is 2.24. The van der Waals surface area contributed by atoms with Crippen LogP contribution in [0.25, 0.3) is 0 Å². The number of amides is 1. The number of hydrogen-bond donors (Lipinski definition) is 2. The van der Waals surface area contributed by atoms with E-state index in [1.807, 2.05) is 6.92 Å². The van der Waals surface area contributed by atoms with Crippen LogP contribution < -0.4 is 10.0 Å². The molecular formula is C21H19FN2O3S. The Morgan fingerprint density at radius 1 is 0.857 bits per heavy atom. The van der Waals surface area contributed by atoms with Crippen molar-refractivity contribution in [2.45, 2.75) is 18.7 Å².